The molecule has 2 unspecified atom stereocenters. The van der Waals surface area contributed by atoms with Gasteiger partial charge in [0.1, 0.15) is 0 Å². The van der Waals surface area contributed by atoms with Crippen molar-refractivity contribution in [3.63, 3.8) is 0 Å². The molecule has 0 radical (unpaired) electrons. The summed E-state index contributed by atoms with van der Waals surface area (Å²) in [4.78, 5) is 14.1. The molecule has 0 bridgehead atoms. The molecular weight excluding hydrogens is 282 g/mol. The van der Waals surface area contributed by atoms with Gasteiger partial charge < -0.3 is 4.90 Å². The van der Waals surface area contributed by atoms with Gasteiger partial charge in [0.15, 0.2) is 0 Å². The van der Waals surface area contributed by atoms with E-state index in [4.69, 9.17) is 0 Å². The van der Waals surface area contributed by atoms with E-state index < -0.39 is 0 Å². The second kappa shape index (κ2) is 3.84. The minimum Gasteiger partial charge on any atom is -0.339 e. The Balaban J connectivity index is 2.16. The second-order valence-corrected chi connectivity index (χ2v) is 4.96. The Morgan fingerprint density at radius 3 is 3.18 bits per heavy atom. The van der Waals surface area contributed by atoms with Gasteiger partial charge in [-0.2, -0.15) is 5.10 Å². The zero-order valence-electron chi connectivity index (χ0n) is 9.35. The van der Waals surface area contributed by atoms with Gasteiger partial charge in [0, 0.05) is 23.7 Å². The normalized spacial score (nSPS) is 30.1. The first-order valence-corrected chi connectivity index (χ1v) is 6.42. The van der Waals surface area contributed by atoms with Gasteiger partial charge in [0.05, 0.1) is 16.7 Å². The molecule has 0 fully saturated rings. The number of rotatable bonds is 1. The Kier molecular flexibility index (Phi) is 2.43. The van der Waals surface area contributed by atoms with Gasteiger partial charge in [-0.3, -0.25) is 4.79 Å². The third-order valence-electron chi connectivity index (χ3n) is 3.38. The molecule has 0 aromatic heterocycles. The van der Waals surface area contributed by atoms with Crippen molar-refractivity contribution in [3.8, 4) is 0 Å². The number of carbonyl (C=O) groups excluding carboxylic acids is 1. The van der Waals surface area contributed by atoms with E-state index in [0.29, 0.717) is 0 Å². The Bertz CT molecular complexity index is 504. The number of hydrogen-bond acceptors (Lipinski definition) is 3. The summed E-state index contributed by atoms with van der Waals surface area (Å²) >= 11 is 3.60. The monoisotopic (exact) mass is 293 g/mol. The van der Waals surface area contributed by atoms with Crippen LogP contribution in [-0.2, 0) is 4.79 Å². The van der Waals surface area contributed by atoms with Gasteiger partial charge in [-0.05, 0) is 28.9 Å². The number of halogens is 1. The predicted octanol–water partition coefficient (Wildman–Crippen LogP) is 1.73. The Morgan fingerprint density at radius 1 is 1.59 bits per heavy atom. The zero-order valence-corrected chi connectivity index (χ0v) is 10.9. The summed E-state index contributed by atoms with van der Waals surface area (Å²) in [5.41, 5.74) is 4.81. The van der Waals surface area contributed by atoms with Crippen LogP contribution in [0, 0.1) is 11.8 Å². The van der Waals surface area contributed by atoms with E-state index in [2.05, 4.69) is 44.4 Å². The number of nitrogens with one attached hydrogen (secondary N) is 1. The lowest BCUT2D eigenvalue weighted by Gasteiger charge is -2.27. The predicted molar refractivity (Wildman–Crippen MR) is 69.2 cm³/mol. The summed E-state index contributed by atoms with van der Waals surface area (Å²) < 4.78 is 1.02. The molecule has 2 aliphatic heterocycles. The van der Waals surface area contributed by atoms with E-state index in [-0.39, 0.29) is 17.7 Å². The van der Waals surface area contributed by atoms with E-state index in [1.165, 1.54) is 5.70 Å². The number of allylic oxidation sites excluding steroid dienone is 3. The first-order chi connectivity index (χ1) is 8.24. The molecule has 1 N–H and O–H groups in total. The summed E-state index contributed by atoms with van der Waals surface area (Å²) in [6, 6.07) is 0. The van der Waals surface area contributed by atoms with Gasteiger partial charge >= 0.3 is 0 Å². The Labute approximate surface area is 108 Å². The molecule has 1 amide bonds. The standard InChI is InChI=1S/C12H12BrN3O/c1-2-16-9-5-3-4-7-10(9)8(11(16)13)6-14-15-12(7)17/h3-7,10H,2H2,1H3,(H,15,17). The van der Waals surface area contributed by atoms with Gasteiger partial charge in [-0.1, -0.05) is 12.2 Å². The lowest BCUT2D eigenvalue weighted by atomic mass is 9.82. The third kappa shape index (κ3) is 1.42. The van der Waals surface area contributed by atoms with Gasteiger partial charge in [-0.25, -0.2) is 5.43 Å². The molecule has 0 saturated heterocycles. The van der Waals surface area contributed by atoms with Crippen LogP contribution in [0.5, 0.6) is 0 Å². The highest BCUT2D eigenvalue weighted by Crippen LogP contribution is 2.45. The molecule has 2 heterocycles. The topological polar surface area (TPSA) is 44.7 Å². The maximum atomic E-state index is 11.9. The molecule has 2 atom stereocenters. The summed E-state index contributed by atoms with van der Waals surface area (Å²) in [7, 11) is 0. The molecule has 0 aromatic carbocycles. The van der Waals surface area contributed by atoms with Gasteiger partial charge in [-0.15, -0.1) is 0 Å². The molecule has 1 aliphatic carbocycles. The van der Waals surface area contributed by atoms with Crippen molar-refractivity contribution >= 4 is 28.1 Å². The molecule has 88 valence electrons. The Hall–Kier alpha value is -1.36. The second-order valence-electron chi connectivity index (χ2n) is 4.20. The van der Waals surface area contributed by atoms with Crippen molar-refractivity contribution in [1.82, 2.24) is 10.3 Å². The van der Waals surface area contributed by atoms with Gasteiger partial charge in [0.2, 0.25) is 5.91 Å². The molecule has 0 aromatic rings. The number of carbonyl (C=O) groups is 1. The zero-order chi connectivity index (χ0) is 12.0. The van der Waals surface area contributed by atoms with E-state index in [1.807, 2.05) is 12.2 Å². The first kappa shape index (κ1) is 10.8. The first-order valence-electron chi connectivity index (χ1n) is 5.62. The number of amides is 1. The quantitative estimate of drug-likeness (QED) is 0.749. The van der Waals surface area contributed by atoms with Crippen molar-refractivity contribution in [1.29, 1.82) is 0 Å². The van der Waals surface area contributed by atoms with Crippen molar-refractivity contribution in [2.45, 2.75) is 6.92 Å². The fraction of sp³-hybridized carbons (Fsp3) is 0.333. The molecule has 0 spiro atoms. The van der Waals surface area contributed by atoms with E-state index in [9.17, 15) is 4.79 Å². The van der Waals surface area contributed by atoms with E-state index >= 15 is 0 Å². The van der Waals surface area contributed by atoms with Crippen LogP contribution in [0.3, 0.4) is 0 Å². The molecule has 17 heavy (non-hydrogen) atoms. The average molecular weight is 294 g/mol. The summed E-state index contributed by atoms with van der Waals surface area (Å²) in [5, 5.41) is 3.97. The largest absolute Gasteiger partial charge is 0.339 e. The van der Waals surface area contributed by atoms with Crippen LogP contribution in [-0.4, -0.2) is 23.6 Å². The van der Waals surface area contributed by atoms with E-state index in [1.54, 1.807) is 6.21 Å². The fourth-order valence-electron chi connectivity index (χ4n) is 2.61. The Morgan fingerprint density at radius 2 is 2.41 bits per heavy atom. The highest BCUT2D eigenvalue weighted by atomic mass is 79.9. The van der Waals surface area contributed by atoms with Crippen LogP contribution in [0.4, 0.5) is 0 Å². The maximum Gasteiger partial charge on any atom is 0.248 e. The highest BCUT2D eigenvalue weighted by molar-refractivity contribution is 9.11. The SMILES string of the molecule is CCN1C2=CC=CC3C(=O)NN=CC(=C1Br)C23. The molecule has 0 saturated carbocycles. The summed E-state index contributed by atoms with van der Waals surface area (Å²) in [6.07, 6.45) is 7.71. The summed E-state index contributed by atoms with van der Waals surface area (Å²) in [5.74, 6) is -0.0986. The third-order valence-corrected chi connectivity index (χ3v) is 4.27. The van der Waals surface area contributed by atoms with Crippen LogP contribution in [0.2, 0.25) is 0 Å². The molecule has 5 heteroatoms. The van der Waals surface area contributed by atoms with Crippen molar-refractivity contribution in [2.24, 2.45) is 16.9 Å². The molecule has 3 aliphatic rings. The smallest absolute Gasteiger partial charge is 0.248 e. The van der Waals surface area contributed by atoms with Crippen LogP contribution in [0.1, 0.15) is 6.92 Å². The summed E-state index contributed by atoms with van der Waals surface area (Å²) in [6.45, 7) is 2.97. The van der Waals surface area contributed by atoms with E-state index in [0.717, 1.165) is 16.7 Å². The minimum absolute atomic E-state index is 0.0404. The van der Waals surface area contributed by atoms with Crippen molar-refractivity contribution < 1.29 is 4.79 Å². The van der Waals surface area contributed by atoms with Crippen molar-refractivity contribution in [3.05, 3.63) is 34.1 Å². The maximum absolute atomic E-state index is 11.9. The lowest BCUT2D eigenvalue weighted by molar-refractivity contribution is -0.124. The fourth-order valence-corrected chi connectivity index (χ4v) is 3.42. The van der Waals surface area contributed by atoms with Crippen LogP contribution < -0.4 is 5.43 Å². The molecule has 4 nitrogen and oxygen atoms in total. The average Bonchev–Trinajstić information content (AvgIpc) is 2.50. The van der Waals surface area contributed by atoms with Crippen molar-refractivity contribution in [2.75, 3.05) is 6.54 Å². The van der Waals surface area contributed by atoms with Crippen LogP contribution >= 0.6 is 15.9 Å². The molecular formula is C12H12BrN3O. The highest BCUT2D eigenvalue weighted by Gasteiger charge is 2.42. The van der Waals surface area contributed by atoms with Crippen LogP contribution in [0.15, 0.2) is 39.2 Å². The van der Waals surface area contributed by atoms with Crippen LogP contribution in [0.25, 0.3) is 0 Å². The number of nitrogens with zero attached hydrogens (tertiary/aromatic N) is 2. The lowest BCUT2D eigenvalue weighted by Crippen LogP contribution is -2.32. The molecule has 3 rings (SSSR count). The number of hydrazone groups is 1. The minimum atomic E-state index is -0.156. The number of hydrogen-bond donors (Lipinski definition) is 1. The van der Waals surface area contributed by atoms with Gasteiger partial charge in [0.25, 0.3) is 0 Å².